The van der Waals surface area contributed by atoms with E-state index in [0.717, 1.165) is 36.0 Å². The molecule has 1 aromatic heterocycles. The Balaban J connectivity index is 1.78. The summed E-state index contributed by atoms with van der Waals surface area (Å²) in [6, 6.07) is 8.30. The standard InChI is InChI=1S/C19H23NO2/c1-13(2)5-4-10-21-15-6-7-16-17-8-9-20-12-19(17)22-14(3)18(16)11-15/h6-9,11-14H,4-5,10H2,1-3H3. The normalized spacial score (nSPS) is 15.9. The Labute approximate surface area is 132 Å². The average molecular weight is 297 g/mol. The van der Waals surface area contributed by atoms with Gasteiger partial charge in [-0.25, -0.2) is 0 Å². The van der Waals surface area contributed by atoms with Gasteiger partial charge in [-0.2, -0.15) is 0 Å². The van der Waals surface area contributed by atoms with Crippen molar-refractivity contribution in [1.29, 1.82) is 0 Å². The molecule has 22 heavy (non-hydrogen) atoms. The molecule has 2 heterocycles. The van der Waals surface area contributed by atoms with Crippen LogP contribution in [-0.4, -0.2) is 11.6 Å². The van der Waals surface area contributed by atoms with Crippen LogP contribution in [0.3, 0.4) is 0 Å². The first kappa shape index (κ1) is 14.9. The SMILES string of the molecule is CC(C)CCCOc1ccc2c(c1)C(C)Oc1cnccc1-2. The third kappa shape index (κ3) is 3.08. The van der Waals surface area contributed by atoms with E-state index in [-0.39, 0.29) is 6.10 Å². The monoisotopic (exact) mass is 297 g/mol. The fourth-order valence-corrected chi connectivity index (χ4v) is 2.84. The zero-order chi connectivity index (χ0) is 15.5. The van der Waals surface area contributed by atoms with Crippen LogP contribution in [0.2, 0.25) is 0 Å². The molecule has 2 aromatic rings. The van der Waals surface area contributed by atoms with Crippen molar-refractivity contribution in [1.82, 2.24) is 4.98 Å². The Kier molecular flexibility index (Phi) is 4.32. The Hall–Kier alpha value is -2.03. The van der Waals surface area contributed by atoms with E-state index < -0.39 is 0 Å². The number of rotatable bonds is 5. The minimum absolute atomic E-state index is 0.0194. The van der Waals surface area contributed by atoms with Crippen molar-refractivity contribution in [3.8, 4) is 22.6 Å². The summed E-state index contributed by atoms with van der Waals surface area (Å²) in [6.45, 7) is 7.32. The van der Waals surface area contributed by atoms with Crippen molar-refractivity contribution in [2.75, 3.05) is 6.61 Å². The maximum atomic E-state index is 5.95. The van der Waals surface area contributed by atoms with Crippen LogP contribution in [0.25, 0.3) is 11.1 Å². The average Bonchev–Trinajstić information content (AvgIpc) is 2.52. The molecule has 3 rings (SSSR count). The quantitative estimate of drug-likeness (QED) is 0.726. The van der Waals surface area contributed by atoms with E-state index in [9.17, 15) is 0 Å². The summed E-state index contributed by atoms with van der Waals surface area (Å²) in [5.74, 6) is 2.51. The molecule has 0 radical (unpaired) electrons. The molecule has 0 saturated heterocycles. The first-order valence-electron chi connectivity index (χ1n) is 8.03. The van der Waals surface area contributed by atoms with Crippen molar-refractivity contribution in [2.24, 2.45) is 5.92 Å². The van der Waals surface area contributed by atoms with Crippen LogP contribution in [0.5, 0.6) is 11.5 Å². The van der Waals surface area contributed by atoms with Gasteiger partial charge in [0.15, 0.2) is 0 Å². The van der Waals surface area contributed by atoms with E-state index in [4.69, 9.17) is 9.47 Å². The highest BCUT2D eigenvalue weighted by Gasteiger charge is 2.23. The number of aromatic nitrogens is 1. The first-order valence-corrected chi connectivity index (χ1v) is 8.03. The van der Waals surface area contributed by atoms with Crippen LogP contribution >= 0.6 is 0 Å². The van der Waals surface area contributed by atoms with Gasteiger partial charge in [-0.1, -0.05) is 19.9 Å². The van der Waals surface area contributed by atoms with Crippen LogP contribution in [-0.2, 0) is 0 Å². The molecular weight excluding hydrogens is 274 g/mol. The number of nitrogens with zero attached hydrogens (tertiary/aromatic N) is 1. The lowest BCUT2D eigenvalue weighted by Crippen LogP contribution is -2.11. The van der Waals surface area contributed by atoms with Gasteiger partial charge in [-0.15, -0.1) is 0 Å². The number of hydrogen-bond acceptors (Lipinski definition) is 3. The molecule has 0 spiro atoms. The van der Waals surface area contributed by atoms with Crippen LogP contribution < -0.4 is 9.47 Å². The van der Waals surface area contributed by atoms with Gasteiger partial charge in [0.25, 0.3) is 0 Å². The van der Waals surface area contributed by atoms with Crippen molar-refractivity contribution in [2.45, 2.75) is 39.7 Å². The second-order valence-electron chi connectivity index (χ2n) is 6.27. The van der Waals surface area contributed by atoms with Gasteiger partial charge >= 0.3 is 0 Å². The molecule has 0 saturated carbocycles. The van der Waals surface area contributed by atoms with Crippen molar-refractivity contribution in [3.05, 3.63) is 42.2 Å². The summed E-state index contributed by atoms with van der Waals surface area (Å²) < 4.78 is 11.8. The summed E-state index contributed by atoms with van der Waals surface area (Å²) in [5.41, 5.74) is 3.50. The summed E-state index contributed by atoms with van der Waals surface area (Å²) in [4.78, 5) is 4.14. The highest BCUT2D eigenvalue weighted by molar-refractivity contribution is 5.75. The van der Waals surface area contributed by atoms with Gasteiger partial charge in [0.1, 0.15) is 17.6 Å². The van der Waals surface area contributed by atoms with E-state index in [1.807, 2.05) is 6.07 Å². The van der Waals surface area contributed by atoms with Gasteiger partial charge < -0.3 is 9.47 Å². The van der Waals surface area contributed by atoms with Gasteiger partial charge in [-0.3, -0.25) is 4.98 Å². The lowest BCUT2D eigenvalue weighted by molar-refractivity contribution is 0.221. The van der Waals surface area contributed by atoms with Crippen LogP contribution in [0.1, 0.15) is 45.3 Å². The number of hydrogen-bond donors (Lipinski definition) is 0. The summed E-state index contributed by atoms with van der Waals surface area (Å²) in [7, 11) is 0. The molecular formula is C19H23NO2. The zero-order valence-electron chi connectivity index (χ0n) is 13.5. The molecule has 1 unspecified atom stereocenters. The third-order valence-electron chi connectivity index (χ3n) is 4.03. The fraction of sp³-hybridized carbons (Fsp3) is 0.421. The Morgan fingerprint density at radius 2 is 2.09 bits per heavy atom. The van der Waals surface area contributed by atoms with E-state index >= 15 is 0 Å². The van der Waals surface area contributed by atoms with Crippen LogP contribution in [0.15, 0.2) is 36.7 Å². The smallest absolute Gasteiger partial charge is 0.146 e. The van der Waals surface area contributed by atoms with Crippen LogP contribution in [0.4, 0.5) is 0 Å². The molecule has 0 amide bonds. The second-order valence-corrected chi connectivity index (χ2v) is 6.27. The lowest BCUT2D eigenvalue weighted by atomic mass is 9.94. The van der Waals surface area contributed by atoms with Gasteiger partial charge in [0, 0.05) is 17.3 Å². The molecule has 1 atom stereocenters. The molecule has 116 valence electrons. The Bertz CT molecular complexity index is 652. The predicted molar refractivity (Wildman–Crippen MR) is 88.3 cm³/mol. The lowest BCUT2D eigenvalue weighted by Gasteiger charge is -2.26. The highest BCUT2D eigenvalue weighted by Crippen LogP contribution is 2.42. The third-order valence-corrected chi connectivity index (χ3v) is 4.03. The highest BCUT2D eigenvalue weighted by atomic mass is 16.5. The van der Waals surface area contributed by atoms with Gasteiger partial charge in [0.2, 0.25) is 0 Å². The van der Waals surface area contributed by atoms with E-state index in [1.54, 1.807) is 12.4 Å². The van der Waals surface area contributed by atoms with Crippen molar-refractivity contribution in [3.63, 3.8) is 0 Å². The fourth-order valence-electron chi connectivity index (χ4n) is 2.84. The summed E-state index contributed by atoms with van der Waals surface area (Å²) >= 11 is 0. The number of pyridine rings is 1. The second kappa shape index (κ2) is 6.39. The molecule has 3 heteroatoms. The molecule has 0 fully saturated rings. The van der Waals surface area contributed by atoms with E-state index in [2.05, 4.69) is 44.0 Å². The minimum atomic E-state index is 0.0194. The predicted octanol–water partition coefficient (Wildman–Crippen LogP) is 5.02. The molecule has 1 aliphatic rings. The van der Waals surface area contributed by atoms with Crippen molar-refractivity contribution < 1.29 is 9.47 Å². The minimum Gasteiger partial charge on any atom is -0.494 e. The van der Waals surface area contributed by atoms with E-state index in [0.29, 0.717) is 0 Å². The van der Waals surface area contributed by atoms with Crippen LogP contribution in [0, 0.1) is 5.92 Å². The first-order chi connectivity index (χ1) is 10.6. The number of benzene rings is 1. The molecule has 0 bridgehead atoms. The van der Waals surface area contributed by atoms with Gasteiger partial charge in [-0.05, 0) is 49.4 Å². The molecule has 0 aliphatic carbocycles. The largest absolute Gasteiger partial charge is 0.494 e. The van der Waals surface area contributed by atoms with Gasteiger partial charge in [0.05, 0.1) is 12.8 Å². The zero-order valence-corrected chi connectivity index (χ0v) is 13.5. The molecule has 0 N–H and O–H groups in total. The molecule has 1 aliphatic heterocycles. The topological polar surface area (TPSA) is 31.4 Å². The molecule has 1 aromatic carbocycles. The molecule has 3 nitrogen and oxygen atoms in total. The summed E-state index contributed by atoms with van der Waals surface area (Å²) in [5, 5.41) is 0. The maximum Gasteiger partial charge on any atom is 0.146 e. The van der Waals surface area contributed by atoms with Crippen molar-refractivity contribution >= 4 is 0 Å². The summed E-state index contributed by atoms with van der Waals surface area (Å²) in [6.07, 6.45) is 5.90. The Morgan fingerprint density at radius 1 is 1.23 bits per heavy atom. The Morgan fingerprint density at radius 3 is 2.91 bits per heavy atom. The van der Waals surface area contributed by atoms with E-state index in [1.165, 1.54) is 17.5 Å². The number of fused-ring (bicyclic) bond motifs is 3. The maximum absolute atomic E-state index is 5.95. The number of ether oxygens (including phenoxy) is 2.